The van der Waals surface area contributed by atoms with Gasteiger partial charge in [-0.15, -0.1) is 0 Å². The van der Waals surface area contributed by atoms with Crippen LogP contribution in [0.1, 0.15) is 35.2 Å². The molecule has 2 rings (SSSR count). The molecule has 1 N–H and O–H groups in total. The highest BCUT2D eigenvalue weighted by Crippen LogP contribution is 2.28. The summed E-state index contributed by atoms with van der Waals surface area (Å²) in [7, 11) is -2.07. The molecule has 1 amide bonds. The minimum absolute atomic E-state index is 0.289. The Morgan fingerprint density at radius 2 is 1.71 bits per heavy atom. The van der Waals surface area contributed by atoms with Gasteiger partial charge in [0.2, 0.25) is 15.9 Å². The Bertz CT molecular complexity index is 947. The van der Waals surface area contributed by atoms with Crippen molar-refractivity contribution >= 4 is 21.6 Å². The second-order valence-corrected chi connectivity index (χ2v) is 8.95. The van der Waals surface area contributed by atoms with Crippen molar-refractivity contribution in [3.05, 3.63) is 58.7 Å². The van der Waals surface area contributed by atoms with Gasteiger partial charge in [0.05, 0.1) is 25.1 Å². The fourth-order valence-electron chi connectivity index (χ4n) is 3.45. The number of carbonyl (C=O) groups is 1. The van der Waals surface area contributed by atoms with E-state index in [-0.39, 0.29) is 18.5 Å². The Balaban J connectivity index is 2.28. The van der Waals surface area contributed by atoms with E-state index in [2.05, 4.69) is 5.32 Å². The monoisotopic (exact) mass is 404 g/mol. The van der Waals surface area contributed by atoms with Crippen LogP contribution in [0.4, 0.5) is 5.69 Å². The first kappa shape index (κ1) is 21.8. The van der Waals surface area contributed by atoms with Gasteiger partial charge in [0, 0.05) is 5.56 Å². The van der Waals surface area contributed by atoms with Crippen molar-refractivity contribution in [1.29, 1.82) is 0 Å². The molecule has 0 aliphatic heterocycles. The quantitative estimate of drug-likeness (QED) is 0.769. The van der Waals surface area contributed by atoms with Gasteiger partial charge in [-0.2, -0.15) is 0 Å². The van der Waals surface area contributed by atoms with E-state index < -0.39 is 10.0 Å². The Hall–Kier alpha value is -2.54. The van der Waals surface area contributed by atoms with Gasteiger partial charge in [-0.25, -0.2) is 8.42 Å². The van der Waals surface area contributed by atoms with Gasteiger partial charge in [-0.1, -0.05) is 35.9 Å². The predicted octanol–water partition coefficient (Wildman–Crippen LogP) is 3.26. The average molecular weight is 405 g/mol. The molecule has 0 bridgehead atoms. The number of hydrogen-bond donors (Lipinski definition) is 1. The lowest BCUT2D eigenvalue weighted by atomic mass is 10.0. The first-order valence-electron chi connectivity index (χ1n) is 9.02. The molecule has 2 aromatic carbocycles. The van der Waals surface area contributed by atoms with Crippen LogP contribution in [0, 0.1) is 20.8 Å². The summed E-state index contributed by atoms with van der Waals surface area (Å²) in [5.74, 6) is 0.281. The number of methoxy groups -OCH3 is 1. The summed E-state index contributed by atoms with van der Waals surface area (Å²) in [5.41, 5.74) is 4.04. The molecule has 1 atom stereocenters. The summed E-state index contributed by atoms with van der Waals surface area (Å²) in [5, 5.41) is 2.87. The summed E-state index contributed by atoms with van der Waals surface area (Å²) < 4.78 is 31.4. The number of para-hydroxylation sites is 1. The van der Waals surface area contributed by atoms with Crippen LogP contribution in [-0.4, -0.2) is 34.2 Å². The van der Waals surface area contributed by atoms with Gasteiger partial charge >= 0.3 is 0 Å². The number of sulfonamides is 1. The van der Waals surface area contributed by atoms with E-state index in [0.29, 0.717) is 11.4 Å². The number of benzene rings is 2. The molecule has 1 unspecified atom stereocenters. The average Bonchev–Trinajstić information content (AvgIpc) is 2.59. The molecule has 28 heavy (non-hydrogen) atoms. The van der Waals surface area contributed by atoms with Crippen molar-refractivity contribution in [3.63, 3.8) is 0 Å². The fraction of sp³-hybridized carbons (Fsp3) is 0.381. The molecule has 6 nitrogen and oxygen atoms in total. The van der Waals surface area contributed by atoms with E-state index >= 15 is 0 Å². The minimum Gasteiger partial charge on any atom is -0.496 e. The highest BCUT2D eigenvalue weighted by atomic mass is 32.2. The zero-order chi connectivity index (χ0) is 21.1. The fourth-order valence-corrected chi connectivity index (χ4v) is 4.42. The zero-order valence-corrected chi connectivity index (χ0v) is 18.1. The number of aryl methyl sites for hydroxylation is 3. The Morgan fingerprint density at radius 3 is 2.25 bits per heavy atom. The number of nitrogens with zero attached hydrogens (tertiary/aromatic N) is 1. The largest absolute Gasteiger partial charge is 0.496 e. The third kappa shape index (κ3) is 5.04. The number of anilines is 1. The maximum Gasteiger partial charge on any atom is 0.241 e. The lowest BCUT2D eigenvalue weighted by Gasteiger charge is -2.27. The maximum absolute atomic E-state index is 12.7. The van der Waals surface area contributed by atoms with Gasteiger partial charge in [0.15, 0.2) is 0 Å². The molecule has 0 aliphatic rings. The standard InChI is InChI=1S/C21H28N2O4S/c1-14-11-15(2)21(16(3)12-14)23(28(6,25)26)13-20(24)22-17(4)18-9-7-8-10-19(18)27-5/h7-12,17H,13H2,1-6H3,(H,22,24). The van der Waals surface area contributed by atoms with Crippen LogP contribution < -0.4 is 14.4 Å². The van der Waals surface area contributed by atoms with Gasteiger partial charge < -0.3 is 10.1 Å². The molecular formula is C21H28N2O4S. The number of hydrogen-bond acceptors (Lipinski definition) is 4. The van der Waals surface area contributed by atoms with Crippen molar-refractivity contribution < 1.29 is 17.9 Å². The van der Waals surface area contributed by atoms with Crippen molar-refractivity contribution in [1.82, 2.24) is 5.32 Å². The van der Waals surface area contributed by atoms with Crippen LogP contribution in [0.5, 0.6) is 5.75 Å². The van der Waals surface area contributed by atoms with Crippen molar-refractivity contribution in [2.75, 3.05) is 24.2 Å². The van der Waals surface area contributed by atoms with E-state index in [9.17, 15) is 13.2 Å². The van der Waals surface area contributed by atoms with Crippen LogP contribution in [0.15, 0.2) is 36.4 Å². The molecule has 0 fully saturated rings. The number of amides is 1. The summed E-state index contributed by atoms with van der Waals surface area (Å²) >= 11 is 0. The van der Waals surface area contributed by atoms with Crippen LogP contribution >= 0.6 is 0 Å². The molecule has 0 saturated carbocycles. The molecule has 0 aliphatic carbocycles. The predicted molar refractivity (Wildman–Crippen MR) is 112 cm³/mol. The summed E-state index contributed by atoms with van der Waals surface area (Å²) in [6.45, 7) is 7.20. The lowest BCUT2D eigenvalue weighted by molar-refractivity contribution is -0.120. The van der Waals surface area contributed by atoms with Crippen molar-refractivity contribution in [2.45, 2.75) is 33.7 Å². The van der Waals surface area contributed by atoms with Crippen molar-refractivity contribution in [3.8, 4) is 5.75 Å². The molecule has 0 heterocycles. The van der Waals surface area contributed by atoms with E-state index in [4.69, 9.17) is 4.74 Å². The molecule has 0 aromatic heterocycles. The van der Waals surface area contributed by atoms with Gasteiger partial charge in [0.1, 0.15) is 12.3 Å². The van der Waals surface area contributed by atoms with Crippen LogP contribution in [0.2, 0.25) is 0 Å². The third-order valence-electron chi connectivity index (χ3n) is 4.56. The van der Waals surface area contributed by atoms with E-state index in [1.165, 1.54) is 4.31 Å². The summed E-state index contributed by atoms with van der Waals surface area (Å²) in [6.07, 6.45) is 1.11. The van der Waals surface area contributed by atoms with Crippen LogP contribution in [0.3, 0.4) is 0 Å². The highest BCUT2D eigenvalue weighted by molar-refractivity contribution is 7.92. The lowest BCUT2D eigenvalue weighted by Crippen LogP contribution is -2.41. The van der Waals surface area contributed by atoms with Crippen LogP contribution in [-0.2, 0) is 14.8 Å². The topological polar surface area (TPSA) is 75.7 Å². The molecule has 2 aromatic rings. The molecule has 0 spiro atoms. The first-order valence-corrected chi connectivity index (χ1v) is 10.9. The van der Waals surface area contributed by atoms with Crippen molar-refractivity contribution in [2.24, 2.45) is 0 Å². The maximum atomic E-state index is 12.7. The Kier molecular flexibility index (Phi) is 6.72. The van der Waals surface area contributed by atoms with Gasteiger partial charge in [-0.05, 0) is 44.9 Å². The van der Waals surface area contributed by atoms with Gasteiger partial charge in [0.25, 0.3) is 0 Å². The van der Waals surface area contributed by atoms with E-state index in [0.717, 1.165) is 28.5 Å². The number of ether oxygens (including phenoxy) is 1. The van der Waals surface area contributed by atoms with E-state index in [1.807, 2.05) is 64.1 Å². The number of carbonyl (C=O) groups excluding carboxylic acids is 1. The Labute approximate surface area is 167 Å². The molecule has 152 valence electrons. The molecular weight excluding hydrogens is 376 g/mol. The minimum atomic E-state index is -3.64. The molecule has 0 saturated heterocycles. The summed E-state index contributed by atoms with van der Waals surface area (Å²) in [6, 6.07) is 10.9. The zero-order valence-electron chi connectivity index (χ0n) is 17.2. The highest BCUT2D eigenvalue weighted by Gasteiger charge is 2.25. The van der Waals surface area contributed by atoms with E-state index in [1.54, 1.807) is 7.11 Å². The summed E-state index contributed by atoms with van der Waals surface area (Å²) in [4.78, 5) is 12.7. The normalized spacial score (nSPS) is 12.4. The number of rotatable bonds is 7. The second-order valence-electron chi connectivity index (χ2n) is 7.05. The number of nitrogens with one attached hydrogen (secondary N) is 1. The van der Waals surface area contributed by atoms with Gasteiger partial charge in [-0.3, -0.25) is 9.10 Å². The van der Waals surface area contributed by atoms with Crippen LogP contribution in [0.25, 0.3) is 0 Å². The smallest absolute Gasteiger partial charge is 0.241 e. The molecule has 7 heteroatoms. The first-order chi connectivity index (χ1) is 13.0. The Morgan fingerprint density at radius 1 is 1.14 bits per heavy atom. The SMILES string of the molecule is COc1ccccc1C(C)NC(=O)CN(c1c(C)cc(C)cc1C)S(C)(=O)=O. The molecule has 0 radical (unpaired) electrons. The third-order valence-corrected chi connectivity index (χ3v) is 5.67. The second kappa shape index (κ2) is 8.65.